The Morgan fingerprint density at radius 1 is 1.58 bits per heavy atom. The predicted octanol–water partition coefficient (Wildman–Crippen LogP) is 1.53. The maximum absolute atomic E-state index is 10.9. The summed E-state index contributed by atoms with van der Waals surface area (Å²) in [4.78, 5) is 10.9. The zero-order chi connectivity index (χ0) is 9.56. The third-order valence-electron chi connectivity index (χ3n) is 1.25. The van der Waals surface area contributed by atoms with E-state index in [-0.39, 0.29) is 12.1 Å². The van der Waals surface area contributed by atoms with Gasteiger partial charge in [-0.2, -0.15) is 0 Å². The quantitative estimate of drug-likeness (QED) is 0.466. The maximum Gasteiger partial charge on any atom is 0.333 e. The van der Waals surface area contributed by atoms with E-state index in [1.807, 2.05) is 13.8 Å². The van der Waals surface area contributed by atoms with E-state index in [1.54, 1.807) is 6.92 Å². The second kappa shape index (κ2) is 5.77. The topological polar surface area (TPSA) is 35.5 Å². The van der Waals surface area contributed by atoms with E-state index in [0.29, 0.717) is 18.8 Å². The summed E-state index contributed by atoms with van der Waals surface area (Å²) in [5, 5.41) is 0. The van der Waals surface area contributed by atoms with Gasteiger partial charge >= 0.3 is 5.97 Å². The molecule has 0 saturated carbocycles. The zero-order valence-electron chi connectivity index (χ0n) is 7.92. The molecule has 0 spiro atoms. The van der Waals surface area contributed by atoms with Gasteiger partial charge in [0.2, 0.25) is 0 Å². The Bertz CT molecular complexity index is 163. The standard InChI is InChI=1S/C9H16O3/c1-5-11-8(4)6-12-9(10)7(2)3/h8H,2,5-6H2,1,3-4H3. The highest BCUT2D eigenvalue weighted by molar-refractivity contribution is 5.86. The fraction of sp³-hybridized carbons (Fsp3) is 0.667. The molecule has 1 unspecified atom stereocenters. The second-order valence-corrected chi connectivity index (χ2v) is 2.64. The molecule has 0 aliphatic heterocycles. The van der Waals surface area contributed by atoms with Gasteiger partial charge in [-0.1, -0.05) is 6.58 Å². The zero-order valence-corrected chi connectivity index (χ0v) is 7.92. The van der Waals surface area contributed by atoms with Crippen molar-refractivity contribution >= 4 is 5.97 Å². The van der Waals surface area contributed by atoms with Crippen molar-refractivity contribution in [2.75, 3.05) is 13.2 Å². The number of carbonyl (C=O) groups is 1. The van der Waals surface area contributed by atoms with Crippen molar-refractivity contribution in [2.24, 2.45) is 0 Å². The fourth-order valence-corrected chi connectivity index (χ4v) is 0.649. The van der Waals surface area contributed by atoms with Gasteiger partial charge in [0.25, 0.3) is 0 Å². The van der Waals surface area contributed by atoms with Gasteiger partial charge in [-0.25, -0.2) is 4.79 Å². The maximum atomic E-state index is 10.9. The third kappa shape index (κ3) is 4.91. The molecule has 0 aromatic carbocycles. The highest BCUT2D eigenvalue weighted by atomic mass is 16.6. The van der Waals surface area contributed by atoms with Crippen molar-refractivity contribution in [3.8, 4) is 0 Å². The minimum atomic E-state index is -0.360. The van der Waals surface area contributed by atoms with Gasteiger partial charge in [0, 0.05) is 12.2 Å². The van der Waals surface area contributed by atoms with E-state index in [2.05, 4.69) is 6.58 Å². The molecule has 0 aliphatic carbocycles. The summed E-state index contributed by atoms with van der Waals surface area (Å²) in [6, 6.07) is 0. The van der Waals surface area contributed by atoms with Crippen LogP contribution < -0.4 is 0 Å². The smallest absolute Gasteiger partial charge is 0.333 e. The lowest BCUT2D eigenvalue weighted by Gasteiger charge is -2.11. The van der Waals surface area contributed by atoms with Gasteiger partial charge < -0.3 is 9.47 Å². The van der Waals surface area contributed by atoms with Crippen molar-refractivity contribution in [1.82, 2.24) is 0 Å². The van der Waals surface area contributed by atoms with Crippen LogP contribution in [0.5, 0.6) is 0 Å². The summed E-state index contributed by atoms with van der Waals surface area (Å²) in [6.07, 6.45) is -0.0432. The van der Waals surface area contributed by atoms with Crippen LogP contribution in [-0.2, 0) is 14.3 Å². The Hall–Kier alpha value is -0.830. The molecule has 70 valence electrons. The number of ether oxygens (including phenoxy) is 2. The highest BCUT2D eigenvalue weighted by Crippen LogP contribution is 1.96. The molecule has 0 radical (unpaired) electrons. The van der Waals surface area contributed by atoms with E-state index in [1.165, 1.54) is 0 Å². The Labute approximate surface area is 73.4 Å². The van der Waals surface area contributed by atoms with E-state index in [0.717, 1.165) is 0 Å². The molecule has 0 fully saturated rings. The molecule has 3 heteroatoms. The summed E-state index contributed by atoms with van der Waals surface area (Å²) in [7, 11) is 0. The van der Waals surface area contributed by atoms with Gasteiger partial charge in [-0.05, 0) is 20.8 Å². The summed E-state index contributed by atoms with van der Waals surface area (Å²) >= 11 is 0. The SMILES string of the molecule is C=C(C)C(=O)OCC(C)OCC. The van der Waals surface area contributed by atoms with Crippen LogP contribution in [0.1, 0.15) is 20.8 Å². The number of carbonyl (C=O) groups excluding carboxylic acids is 1. The van der Waals surface area contributed by atoms with Crippen LogP contribution in [0.15, 0.2) is 12.2 Å². The van der Waals surface area contributed by atoms with Gasteiger partial charge in [0.1, 0.15) is 6.61 Å². The predicted molar refractivity (Wildman–Crippen MR) is 46.9 cm³/mol. The van der Waals surface area contributed by atoms with Crippen molar-refractivity contribution in [2.45, 2.75) is 26.9 Å². The third-order valence-corrected chi connectivity index (χ3v) is 1.25. The highest BCUT2D eigenvalue weighted by Gasteiger charge is 2.06. The first kappa shape index (κ1) is 11.2. The van der Waals surface area contributed by atoms with Crippen LogP contribution in [0.3, 0.4) is 0 Å². The Kier molecular flexibility index (Phi) is 5.37. The first-order valence-corrected chi connectivity index (χ1v) is 4.02. The second-order valence-electron chi connectivity index (χ2n) is 2.64. The number of hydrogen-bond donors (Lipinski definition) is 0. The van der Waals surface area contributed by atoms with Gasteiger partial charge in [0.15, 0.2) is 0 Å². The molecular formula is C9H16O3. The minimum absolute atomic E-state index is 0.0432. The van der Waals surface area contributed by atoms with Crippen molar-refractivity contribution in [1.29, 1.82) is 0 Å². The van der Waals surface area contributed by atoms with E-state index in [9.17, 15) is 4.79 Å². The van der Waals surface area contributed by atoms with E-state index >= 15 is 0 Å². The minimum Gasteiger partial charge on any atom is -0.460 e. The molecule has 0 amide bonds. The average Bonchev–Trinajstić information content (AvgIpc) is 2.00. The average molecular weight is 172 g/mol. The molecule has 1 atom stereocenters. The van der Waals surface area contributed by atoms with Gasteiger partial charge in [0.05, 0.1) is 6.10 Å². The molecule has 0 rings (SSSR count). The lowest BCUT2D eigenvalue weighted by atomic mass is 10.3. The molecule has 0 bridgehead atoms. The van der Waals surface area contributed by atoms with Crippen molar-refractivity contribution < 1.29 is 14.3 Å². The van der Waals surface area contributed by atoms with Crippen LogP contribution in [0, 0.1) is 0 Å². The molecule has 0 aromatic heterocycles. The largest absolute Gasteiger partial charge is 0.460 e. The van der Waals surface area contributed by atoms with Crippen molar-refractivity contribution in [3.05, 3.63) is 12.2 Å². The molecule has 0 heterocycles. The molecular weight excluding hydrogens is 156 g/mol. The normalized spacial score (nSPS) is 12.2. The molecule has 0 aliphatic rings. The van der Waals surface area contributed by atoms with Gasteiger partial charge in [-0.15, -0.1) is 0 Å². The van der Waals surface area contributed by atoms with Crippen LogP contribution in [-0.4, -0.2) is 25.3 Å². The first-order chi connectivity index (χ1) is 5.57. The van der Waals surface area contributed by atoms with Crippen LogP contribution in [0.4, 0.5) is 0 Å². The van der Waals surface area contributed by atoms with Crippen LogP contribution in [0.25, 0.3) is 0 Å². The lowest BCUT2D eigenvalue weighted by molar-refractivity contribution is -0.142. The Morgan fingerprint density at radius 3 is 2.58 bits per heavy atom. The summed E-state index contributed by atoms with van der Waals surface area (Å²) in [5.74, 6) is -0.360. The molecule has 0 saturated heterocycles. The monoisotopic (exact) mass is 172 g/mol. The summed E-state index contributed by atoms with van der Waals surface area (Å²) in [5.41, 5.74) is 0.415. The Morgan fingerprint density at radius 2 is 2.17 bits per heavy atom. The summed E-state index contributed by atoms with van der Waals surface area (Å²) in [6.45, 7) is 9.76. The number of esters is 1. The number of hydrogen-bond acceptors (Lipinski definition) is 3. The van der Waals surface area contributed by atoms with E-state index < -0.39 is 0 Å². The molecule has 0 N–H and O–H groups in total. The summed E-state index contributed by atoms with van der Waals surface area (Å²) < 4.78 is 10.0. The van der Waals surface area contributed by atoms with Crippen LogP contribution >= 0.6 is 0 Å². The van der Waals surface area contributed by atoms with Crippen LogP contribution in [0.2, 0.25) is 0 Å². The molecule has 12 heavy (non-hydrogen) atoms. The van der Waals surface area contributed by atoms with E-state index in [4.69, 9.17) is 9.47 Å². The van der Waals surface area contributed by atoms with Gasteiger partial charge in [-0.3, -0.25) is 0 Å². The van der Waals surface area contributed by atoms with Crippen molar-refractivity contribution in [3.63, 3.8) is 0 Å². The first-order valence-electron chi connectivity index (χ1n) is 4.02. The number of rotatable bonds is 5. The molecule has 0 aromatic rings. The lowest BCUT2D eigenvalue weighted by Crippen LogP contribution is -2.19. The molecule has 3 nitrogen and oxygen atoms in total. The Balaban J connectivity index is 3.54. The fourth-order valence-electron chi connectivity index (χ4n) is 0.649.